The van der Waals surface area contributed by atoms with Crippen molar-refractivity contribution in [2.45, 2.75) is 37.8 Å². The number of likely N-dealkylation sites (N-methyl/N-ethyl adjacent to an activating group) is 1. The van der Waals surface area contributed by atoms with E-state index in [9.17, 15) is 0 Å². The lowest BCUT2D eigenvalue weighted by Crippen LogP contribution is -2.43. The van der Waals surface area contributed by atoms with Crippen LogP contribution in [-0.2, 0) is 0 Å². The van der Waals surface area contributed by atoms with Gasteiger partial charge in [0.15, 0.2) is 0 Å². The highest BCUT2D eigenvalue weighted by molar-refractivity contribution is 7.09. The van der Waals surface area contributed by atoms with Crippen molar-refractivity contribution in [1.29, 1.82) is 0 Å². The highest BCUT2D eigenvalue weighted by Gasteiger charge is 2.26. The summed E-state index contributed by atoms with van der Waals surface area (Å²) in [6.45, 7) is 0. The topological polar surface area (TPSA) is 34.1 Å². The quantitative estimate of drug-likeness (QED) is 0.922. The molecule has 1 aromatic heterocycles. The molecule has 4 heteroatoms. The van der Waals surface area contributed by atoms with Crippen LogP contribution in [0.4, 0.5) is 0 Å². The highest BCUT2D eigenvalue weighted by Crippen LogP contribution is 2.33. The second-order valence-electron chi connectivity index (χ2n) is 4.82. The summed E-state index contributed by atoms with van der Waals surface area (Å²) in [5.41, 5.74) is 1.04. The minimum Gasteiger partial charge on any atom is -0.477 e. The number of fused-ring (bicyclic) bond motifs is 1. The first kappa shape index (κ1) is 11.9. The Morgan fingerprint density at radius 1 is 1.28 bits per heavy atom. The zero-order valence-electron chi connectivity index (χ0n) is 10.6. The maximum absolute atomic E-state index is 6.21. The number of rotatable bonds is 3. The first-order valence-corrected chi connectivity index (χ1v) is 7.34. The number of nitrogens with one attached hydrogen (secondary N) is 1. The van der Waals surface area contributed by atoms with Crippen molar-refractivity contribution in [3.05, 3.63) is 24.3 Å². The summed E-state index contributed by atoms with van der Waals surface area (Å²) in [7, 11) is 2.02. The van der Waals surface area contributed by atoms with Crippen LogP contribution in [-0.4, -0.2) is 23.6 Å². The van der Waals surface area contributed by atoms with Gasteiger partial charge in [-0.25, -0.2) is 0 Å². The van der Waals surface area contributed by atoms with E-state index < -0.39 is 0 Å². The van der Waals surface area contributed by atoms with E-state index in [1.165, 1.54) is 30.8 Å². The Labute approximate surface area is 111 Å². The van der Waals surface area contributed by atoms with Crippen LogP contribution < -0.4 is 10.1 Å². The van der Waals surface area contributed by atoms with Crippen LogP contribution in [0.25, 0.3) is 10.9 Å². The maximum Gasteiger partial charge on any atom is 0.201 e. The lowest BCUT2D eigenvalue weighted by molar-refractivity contribution is 0.123. The second kappa shape index (κ2) is 5.24. The highest BCUT2D eigenvalue weighted by atomic mass is 32.1. The molecule has 1 aliphatic carbocycles. The minimum absolute atomic E-state index is 0.285. The molecule has 1 fully saturated rings. The lowest BCUT2D eigenvalue weighted by Gasteiger charge is -2.31. The van der Waals surface area contributed by atoms with Gasteiger partial charge in [0.25, 0.3) is 0 Å². The average Bonchev–Trinajstić information content (AvgIpc) is 2.83. The Morgan fingerprint density at radius 3 is 3.00 bits per heavy atom. The molecule has 1 aromatic carbocycles. The molecular formula is C14H18N2OS. The van der Waals surface area contributed by atoms with E-state index in [-0.39, 0.29) is 6.10 Å². The largest absolute Gasteiger partial charge is 0.477 e. The van der Waals surface area contributed by atoms with Gasteiger partial charge in [-0.2, -0.15) is 4.37 Å². The third kappa shape index (κ3) is 2.22. The Morgan fingerprint density at radius 2 is 2.11 bits per heavy atom. The molecule has 1 saturated carbocycles. The van der Waals surface area contributed by atoms with Gasteiger partial charge >= 0.3 is 0 Å². The van der Waals surface area contributed by atoms with Gasteiger partial charge in [-0.3, -0.25) is 0 Å². The van der Waals surface area contributed by atoms with E-state index in [0.29, 0.717) is 6.04 Å². The summed E-state index contributed by atoms with van der Waals surface area (Å²) < 4.78 is 10.6. The zero-order chi connectivity index (χ0) is 12.4. The van der Waals surface area contributed by atoms with Crippen LogP contribution >= 0.6 is 11.5 Å². The van der Waals surface area contributed by atoms with Crippen molar-refractivity contribution in [2.75, 3.05) is 7.05 Å². The first-order chi connectivity index (χ1) is 8.88. The summed E-state index contributed by atoms with van der Waals surface area (Å²) in [6, 6.07) is 8.66. The Hall–Kier alpha value is -1.13. The fraction of sp³-hybridized carbons (Fsp3) is 0.500. The molecule has 0 radical (unpaired) electrons. The minimum atomic E-state index is 0.285. The van der Waals surface area contributed by atoms with E-state index in [2.05, 4.69) is 15.8 Å². The first-order valence-electron chi connectivity index (χ1n) is 6.57. The van der Waals surface area contributed by atoms with Gasteiger partial charge in [-0.1, -0.05) is 18.6 Å². The van der Waals surface area contributed by atoms with Crippen molar-refractivity contribution < 1.29 is 4.74 Å². The molecule has 3 rings (SSSR count). The van der Waals surface area contributed by atoms with E-state index in [0.717, 1.165) is 22.4 Å². The van der Waals surface area contributed by atoms with Gasteiger partial charge in [-0.15, -0.1) is 0 Å². The summed E-state index contributed by atoms with van der Waals surface area (Å²) in [5.74, 6) is 0. The molecule has 3 nitrogen and oxygen atoms in total. The normalized spacial score (nSPS) is 24.3. The molecule has 96 valence electrons. The number of hydrogen-bond donors (Lipinski definition) is 1. The molecule has 2 atom stereocenters. The maximum atomic E-state index is 6.21. The Balaban J connectivity index is 1.82. The van der Waals surface area contributed by atoms with Crippen LogP contribution in [0.15, 0.2) is 24.3 Å². The summed E-state index contributed by atoms with van der Waals surface area (Å²) >= 11 is 1.47. The zero-order valence-corrected chi connectivity index (χ0v) is 11.4. The molecule has 2 aromatic rings. The van der Waals surface area contributed by atoms with E-state index in [1.54, 1.807) is 0 Å². The molecule has 2 unspecified atom stereocenters. The molecule has 0 bridgehead atoms. The Bertz CT molecular complexity index is 525. The van der Waals surface area contributed by atoms with E-state index in [1.807, 2.05) is 25.2 Å². The van der Waals surface area contributed by atoms with Crippen molar-refractivity contribution in [1.82, 2.24) is 9.69 Å². The van der Waals surface area contributed by atoms with Gasteiger partial charge in [0.05, 0.1) is 10.9 Å². The summed E-state index contributed by atoms with van der Waals surface area (Å²) in [4.78, 5) is 0. The second-order valence-corrected chi connectivity index (χ2v) is 5.56. The SMILES string of the molecule is CNC1CCCCC1Oc1snc2ccccc12. The molecule has 0 aliphatic heterocycles. The number of ether oxygens (including phenoxy) is 1. The van der Waals surface area contributed by atoms with Gasteiger partial charge < -0.3 is 10.1 Å². The summed E-state index contributed by atoms with van der Waals surface area (Å²) in [6.07, 6.45) is 5.19. The van der Waals surface area contributed by atoms with E-state index >= 15 is 0 Å². The predicted octanol–water partition coefficient (Wildman–Crippen LogP) is 3.21. The third-order valence-electron chi connectivity index (χ3n) is 3.68. The van der Waals surface area contributed by atoms with Crippen LogP contribution in [0, 0.1) is 0 Å². The predicted molar refractivity (Wildman–Crippen MR) is 75.4 cm³/mol. The van der Waals surface area contributed by atoms with E-state index in [4.69, 9.17) is 4.74 Å². The lowest BCUT2D eigenvalue weighted by atomic mass is 9.92. The van der Waals surface area contributed by atoms with Gasteiger partial charge in [0.2, 0.25) is 5.06 Å². The standard InChI is InChI=1S/C14H18N2OS/c1-15-12-8-4-5-9-13(12)17-14-10-6-2-3-7-11(10)16-18-14/h2-3,6-7,12-13,15H,4-5,8-9H2,1H3. The fourth-order valence-electron chi connectivity index (χ4n) is 2.66. The van der Waals surface area contributed by atoms with Crippen molar-refractivity contribution in [2.24, 2.45) is 0 Å². The smallest absolute Gasteiger partial charge is 0.201 e. The number of nitrogens with zero attached hydrogens (tertiary/aromatic N) is 1. The molecular weight excluding hydrogens is 244 g/mol. The number of benzene rings is 1. The van der Waals surface area contributed by atoms with Crippen LogP contribution in [0.3, 0.4) is 0 Å². The van der Waals surface area contributed by atoms with Gasteiger partial charge in [0, 0.05) is 17.6 Å². The van der Waals surface area contributed by atoms with Crippen LogP contribution in [0.1, 0.15) is 25.7 Å². The Kier molecular flexibility index (Phi) is 3.48. The van der Waals surface area contributed by atoms with Crippen molar-refractivity contribution in [3.8, 4) is 5.06 Å². The monoisotopic (exact) mass is 262 g/mol. The van der Waals surface area contributed by atoms with Crippen molar-refractivity contribution >= 4 is 22.4 Å². The van der Waals surface area contributed by atoms with Crippen LogP contribution in [0.2, 0.25) is 0 Å². The molecule has 1 heterocycles. The number of aromatic nitrogens is 1. The molecule has 18 heavy (non-hydrogen) atoms. The van der Waals surface area contributed by atoms with Crippen LogP contribution in [0.5, 0.6) is 5.06 Å². The number of hydrogen-bond acceptors (Lipinski definition) is 4. The van der Waals surface area contributed by atoms with Gasteiger partial charge in [0.1, 0.15) is 6.10 Å². The fourth-order valence-corrected chi connectivity index (χ4v) is 3.43. The average molecular weight is 262 g/mol. The summed E-state index contributed by atoms with van der Waals surface area (Å²) in [5, 5.41) is 5.49. The third-order valence-corrected chi connectivity index (χ3v) is 4.45. The molecule has 1 N–H and O–H groups in total. The van der Waals surface area contributed by atoms with Crippen molar-refractivity contribution in [3.63, 3.8) is 0 Å². The molecule has 0 amide bonds. The molecule has 0 spiro atoms. The van der Waals surface area contributed by atoms with Gasteiger partial charge in [-0.05, 0) is 38.4 Å². The molecule has 1 aliphatic rings. The molecule has 0 saturated heterocycles.